The van der Waals surface area contributed by atoms with Crippen molar-refractivity contribution in [2.75, 3.05) is 32.1 Å². The monoisotopic (exact) mass is 449 g/mol. The number of morpholine rings is 1. The van der Waals surface area contributed by atoms with Crippen LogP contribution in [0.5, 0.6) is 0 Å². The van der Waals surface area contributed by atoms with Gasteiger partial charge < -0.3 is 9.64 Å². The molecule has 0 radical (unpaired) electrons. The van der Waals surface area contributed by atoms with Crippen molar-refractivity contribution in [2.45, 2.75) is 58.2 Å². The normalized spacial score (nSPS) is 19.5. The summed E-state index contributed by atoms with van der Waals surface area (Å²) in [6.07, 6.45) is 4.07. The van der Waals surface area contributed by atoms with Gasteiger partial charge in [-0.2, -0.15) is 0 Å². The molecule has 1 fully saturated rings. The number of thioether (sulfide) groups is 1. The van der Waals surface area contributed by atoms with E-state index in [9.17, 15) is 9.59 Å². The molecule has 0 saturated carbocycles. The predicted molar refractivity (Wildman–Crippen MR) is 123 cm³/mol. The predicted octanol–water partition coefficient (Wildman–Crippen LogP) is 3.58. The van der Waals surface area contributed by atoms with Crippen LogP contribution < -0.4 is 5.56 Å². The molecule has 0 bridgehead atoms. The van der Waals surface area contributed by atoms with Crippen molar-refractivity contribution in [1.82, 2.24) is 14.5 Å². The Bertz CT molecular complexity index is 976. The van der Waals surface area contributed by atoms with E-state index in [2.05, 4.69) is 20.8 Å². The first-order chi connectivity index (χ1) is 14.4. The van der Waals surface area contributed by atoms with Crippen LogP contribution in [0, 0.1) is 11.8 Å². The van der Waals surface area contributed by atoms with E-state index in [0.717, 1.165) is 35.9 Å². The molecule has 2 aromatic heterocycles. The van der Waals surface area contributed by atoms with Crippen molar-refractivity contribution >= 4 is 39.2 Å². The van der Waals surface area contributed by atoms with E-state index >= 15 is 0 Å². The number of amides is 1. The molecule has 4 rings (SSSR count). The molecule has 6 nitrogen and oxygen atoms in total. The number of hydrogen-bond donors (Lipinski definition) is 0. The number of thiophene rings is 1. The largest absolute Gasteiger partial charge is 0.378 e. The molecule has 0 spiro atoms. The fourth-order valence-electron chi connectivity index (χ4n) is 4.13. The Hall–Kier alpha value is -1.38. The van der Waals surface area contributed by atoms with Gasteiger partial charge in [0.1, 0.15) is 4.83 Å². The lowest BCUT2D eigenvalue weighted by molar-refractivity contribution is -0.132. The van der Waals surface area contributed by atoms with Crippen molar-refractivity contribution in [3.05, 3.63) is 20.8 Å². The van der Waals surface area contributed by atoms with Gasteiger partial charge in [-0.25, -0.2) is 4.98 Å². The summed E-state index contributed by atoms with van der Waals surface area (Å²) in [7, 11) is 0. The van der Waals surface area contributed by atoms with Crippen LogP contribution in [0.4, 0.5) is 0 Å². The summed E-state index contributed by atoms with van der Waals surface area (Å²) in [5.74, 6) is 1.56. The zero-order chi connectivity index (χ0) is 21.3. The first kappa shape index (κ1) is 21.8. The number of rotatable bonds is 6. The fraction of sp³-hybridized carbons (Fsp3) is 0.682. The van der Waals surface area contributed by atoms with Crippen LogP contribution >= 0.6 is 23.1 Å². The number of carbonyl (C=O) groups is 1. The number of aromatic nitrogens is 2. The van der Waals surface area contributed by atoms with Crippen LogP contribution in [-0.4, -0.2) is 52.4 Å². The Morgan fingerprint density at radius 3 is 2.83 bits per heavy atom. The van der Waals surface area contributed by atoms with Gasteiger partial charge in [0.2, 0.25) is 5.91 Å². The van der Waals surface area contributed by atoms with Crippen LogP contribution in [-0.2, 0) is 28.9 Å². The third-order valence-corrected chi connectivity index (χ3v) is 8.11. The molecule has 8 heteroatoms. The van der Waals surface area contributed by atoms with Gasteiger partial charge >= 0.3 is 0 Å². The molecule has 1 saturated heterocycles. The van der Waals surface area contributed by atoms with Crippen molar-refractivity contribution in [3.8, 4) is 0 Å². The molecule has 3 heterocycles. The lowest BCUT2D eigenvalue weighted by atomic mass is 9.89. The maximum atomic E-state index is 13.5. The van der Waals surface area contributed by atoms with Gasteiger partial charge in [0, 0.05) is 24.5 Å². The van der Waals surface area contributed by atoms with E-state index in [1.807, 2.05) is 9.47 Å². The number of aryl methyl sites for hydroxylation is 1. The highest BCUT2D eigenvalue weighted by atomic mass is 32.2. The Morgan fingerprint density at radius 2 is 2.10 bits per heavy atom. The molecular weight excluding hydrogens is 418 g/mol. The van der Waals surface area contributed by atoms with Gasteiger partial charge in [0.05, 0.1) is 24.4 Å². The van der Waals surface area contributed by atoms with Crippen LogP contribution in [0.2, 0.25) is 0 Å². The highest BCUT2D eigenvalue weighted by molar-refractivity contribution is 7.99. The van der Waals surface area contributed by atoms with Gasteiger partial charge in [-0.05, 0) is 43.1 Å². The van der Waals surface area contributed by atoms with E-state index in [4.69, 9.17) is 9.72 Å². The molecule has 2 aliphatic rings. The summed E-state index contributed by atoms with van der Waals surface area (Å²) in [6, 6.07) is 0. The number of hydrogen-bond acceptors (Lipinski definition) is 6. The Kier molecular flexibility index (Phi) is 6.85. The molecular formula is C22H31N3O3S2. The summed E-state index contributed by atoms with van der Waals surface area (Å²) in [5.41, 5.74) is 1.30. The minimum Gasteiger partial charge on any atom is -0.378 e. The zero-order valence-corrected chi connectivity index (χ0v) is 19.7. The molecule has 1 amide bonds. The number of ether oxygens (including phenoxy) is 1. The lowest BCUT2D eigenvalue weighted by Gasteiger charge is -2.26. The second-order valence-electron chi connectivity index (χ2n) is 8.85. The summed E-state index contributed by atoms with van der Waals surface area (Å²) in [5, 5.41) is 1.51. The summed E-state index contributed by atoms with van der Waals surface area (Å²) in [6.45, 7) is 9.73. The van der Waals surface area contributed by atoms with Gasteiger partial charge in [0.25, 0.3) is 5.56 Å². The second kappa shape index (κ2) is 9.40. The highest BCUT2D eigenvalue weighted by Gasteiger charge is 2.25. The van der Waals surface area contributed by atoms with Gasteiger partial charge in [-0.3, -0.25) is 14.2 Å². The Balaban J connectivity index is 1.65. The number of fused-ring (bicyclic) bond motifs is 3. The molecule has 1 aliphatic carbocycles. The van der Waals surface area contributed by atoms with Crippen LogP contribution in [0.1, 0.15) is 44.1 Å². The minimum atomic E-state index is 0.0778. The number of carbonyl (C=O) groups excluding carboxylic acids is 1. The summed E-state index contributed by atoms with van der Waals surface area (Å²) >= 11 is 3.08. The van der Waals surface area contributed by atoms with Crippen molar-refractivity contribution in [3.63, 3.8) is 0 Å². The van der Waals surface area contributed by atoms with Crippen LogP contribution in [0.15, 0.2) is 9.95 Å². The number of nitrogens with zero attached hydrogens (tertiary/aromatic N) is 3. The van der Waals surface area contributed by atoms with Crippen molar-refractivity contribution in [1.29, 1.82) is 0 Å². The third-order valence-electron chi connectivity index (χ3n) is 6.00. The standard InChI is InChI=1S/C22H31N3O3S2/c1-14(2)6-7-25-21(27)19-16-5-4-15(3)12-17(16)30-20(19)23-22(25)29-13-18(26)24-8-10-28-11-9-24/h14-15H,4-13H2,1-3H3/t15-/m0/s1. The smallest absolute Gasteiger partial charge is 0.263 e. The summed E-state index contributed by atoms with van der Waals surface area (Å²) < 4.78 is 7.16. The minimum absolute atomic E-state index is 0.0778. The lowest BCUT2D eigenvalue weighted by Crippen LogP contribution is -2.41. The van der Waals surface area contributed by atoms with Crippen molar-refractivity contribution in [2.24, 2.45) is 11.8 Å². The molecule has 1 aliphatic heterocycles. The van der Waals surface area contributed by atoms with Crippen LogP contribution in [0.3, 0.4) is 0 Å². The molecule has 0 unspecified atom stereocenters. The zero-order valence-electron chi connectivity index (χ0n) is 18.1. The first-order valence-electron chi connectivity index (χ1n) is 11.0. The average molecular weight is 450 g/mol. The van der Waals surface area contributed by atoms with Crippen LogP contribution in [0.25, 0.3) is 10.2 Å². The van der Waals surface area contributed by atoms with E-state index in [-0.39, 0.29) is 11.5 Å². The molecule has 0 aromatic carbocycles. The maximum absolute atomic E-state index is 13.5. The van der Waals surface area contributed by atoms with E-state index in [1.54, 1.807) is 11.3 Å². The Morgan fingerprint density at radius 1 is 1.33 bits per heavy atom. The Labute approximate surface area is 186 Å². The van der Waals surface area contributed by atoms with Gasteiger partial charge in [0.15, 0.2) is 5.16 Å². The molecule has 30 heavy (non-hydrogen) atoms. The molecule has 164 valence electrons. The SMILES string of the molecule is CC(C)CCn1c(SCC(=O)N2CCOCC2)nc2sc3c(c2c1=O)CC[C@H](C)C3. The first-order valence-corrected chi connectivity index (χ1v) is 12.8. The molecule has 0 N–H and O–H groups in total. The topological polar surface area (TPSA) is 64.4 Å². The van der Waals surface area contributed by atoms with Crippen molar-refractivity contribution < 1.29 is 9.53 Å². The third kappa shape index (κ3) is 4.60. The van der Waals surface area contributed by atoms with Gasteiger partial charge in [-0.1, -0.05) is 32.5 Å². The molecule has 2 aromatic rings. The van der Waals surface area contributed by atoms with E-state index < -0.39 is 0 Å². The quantitative estimate of drug-likeness (QED) is 0.498. The average Bonchev–Trinajstić information content (AvgIpc) is 3.09. The van der Waals surface area contributed by atoms with E-state index in [0.29, 0.717) is 55.6 Å². The highest BCUT2D eigenvalue weighted by Crippen LogP contribution is 2.36. The summed E-state index contributed by atoms with van der Waals surface area (Å²) in [4.78, 5) is 35.1. The van der Waals surface area contributed by atoms with E-state index in [1.165, 1.54) is 22.2 Å². The second-order valence-corrected chi connectivity index (χ2v) is 10.9. The molecule has 1 atom stereocenters. The maximum Gasteiger partial charge on any atom is 0.263 e. The fourth-order valence-corrected chi connectivity index (χ4v) is 6.48. The van der Waals surface area contributed by atoms with Gasteiger partial charge in [-0.15, -0.1) is 11.3 Å².